The van der Waals surface area contributed by atoms with Crippen molar-refractivity contribution in [3.8, 4) is 0 Å². The summed E-state index contributed by atoms with van der Waals surface area (Å²) in [7, 11) is 0. The molecule has 8 nitrogen and oxygen atoms in total. The van der Waals surface area contributed by atoms with Crippen molar-refractivity contribution < 1.29 is 23.5 Å². The minimum Gasteiger partial charge on any atom is -0.461 e. The van der Waals surface area contributed by atoms with Gasteiger partial charge in [0.25, 0.3) is 0 Å². The third kappa shape index (κ3) is 5.45. The van der Waals surface area contributed by atoms with Crippen LogP contribution in [0.5, 0.6) is 0 Å². The molecule has 0 radical (unpaired) electrons. The first-order chi connectivity index (χ1) is 19.3. The predicted molar refractivity (Wildman–Crippen MR) is 155 cm³/mol. The highest BCUT2D eigenvalue weighted by molar-refractivity contribution is 6.31. The maximum atomic E-state index is 15.9. The molecule has 1 saturated carbocycles. The van der Waals surface area contributed by atoms with Crippen LogP contribution in [0.25, 0.3) is 0 Å². The van der Waals surface area contributed by atoms with E-state index >= 15 is 4.39 Å². The molecule has 5 N–H and O–H groups in total. The lowest BCUT2D eigenvalue weighted by Gasteiger charge is -2.37. The van der Waals surface area contributed by atoms with Crippen molar-refractivity contribution >= 4 is 46.7 Å². The van der Waals surface area contributed by atoms with Crippen LogP contribution in [0, 0.1) is 11.2 Å². The summed E-state index contributed by atoms with van der Waals surface area (Å²) in [4.78, 5) is 39.9. The molecule has 2 aliphatic heterocycles. The lowest BCUT2D eigenvalue weighted by atomic mass is 9.62. The second kappa shape index (κ2) is 11.2. The summed E-state index contributed by atoms with van der Waals surface area (Å²) in [5.74, 6) is -2.78. The molecule has 1 aliphatic carbocycles. The van der Waals surface area contributed by atoms with Crippen LogP contribution in [-0.2, 0) is 24.5 Å². The third-order valence-electron chi connectivity index (χ3n) is 8.42. The van der Waals surface area contributed by atoms with E-state index in [1.165, 1.54) is 6.07 Å². The van der Waals surface area contributed by atoms with Gasteiger partial charge in [0.1, 0.15) is 17.3 Å². The predicted octanol–water partition coefficient (Wildman–Crippen LogP) is 4.42. The molecule has 220 valence electrons. The average molecular weight is 606 g/mol. The zero-order valence-electron chi connectivity index (χ0n) is 23.2. The number of esters is 1. The van der Waals surface area contributed by atoms with E-state index in [-0.39, 0.29) is 46.5 Å². The largest absolute Gasteiger partial charge is 0.461 e. The van der Waals surface area contributed by atoms with Gasteiger partial charge in [0.2, 0.25) is 11.8 Å². The van der Waals surface area contributed by atoms with Gasteiger partial charge in [-0.2, -0.15) is 0 Å². The van der Waals surface area contributed by atoms with Crippen molar-refractivity contribution in [3.05, 3.63) is 63.4 Å². The van der Waals surface area contributed by atoms with Gasteiger partial charge in [0.05, 0.1) is 17.6 Å². The minimum atomic E-state index is -1.32. The number of benzene rings is 2. The topological polar surface area (TPSA) is 123 Å². The van der Waals surface area contributed by atoms with E-state index in [1.54, 1.807) is 30.3 Å². The molecule has 41 heavy (non-hydrogen) atoms. The van der Waals surface area contributed by atoms with Crippen molar-refractivity contribution in [2.45, 2.75) is 82.0 Å². The fraction of sp³-hybridized carbons (Fsp3) is 0.500. The third-order valence-corrected chi connectivity index (χ3v) is 8.94. The number of halogens is 3. The molecule has 5 rings (SSSR count). The fourth-order valence-electron chi connectivity index (χ4n) is 6.86. The lowest BCUT2D eigenvalue weighted by Crippen LogP contribution is -2.49. The highest BCUT2D eigenvalue weighted by Gasteiger charge is 2.66. The highest BCUT2D eigenvalue weighted by Crippen LogP contribution is 2.57. The van der Waals surface area contributed by atoms with Gasteiger partial charge in [0.15, 0.2) is 0 Å². The summed E-state index contributed by atoms with van der Waals surface area (Å²) in [5.41, 5.74) is 5.19. The van der Waals surface area contributed by atoms with Gasteiger partial charge in [-0.1, -0.05) is 62.2 Å². The average Bonchev–Trinajstić information content (AvgIpc) is 3.55. The molecule has 2 heterocycles. The molecule has 2 aromatic carbocycles. The molecule has 3 aliphatic rings. The molecule has 2 amide bonds. The van der Waals surface area contributed by atoms with Crippen LogP contribution in [0.15, 0.2) is 36.4 Å². The molecule has 0 unspecified atom stereocenters. The van der Waals surface area contributed by atoms with Gasteiger partial charge in [0, 0.05) is 35.1 Å². The first kappa shape index (κ1) is 29.8. The molecule has 6 atom stereocenters. The molecule has 1 spiro atoms. The van der Waals surface area contributed by atoms with Crippen LogP contribution in [0.2, 0.25) is 10.0 Å². The van der Waals surface area contributed by atoms with Gasteiger partial charge < -0.3 is 26.4 Å². The summed E-state index contributed by atoms with van der Waals surface area (Å²) in [6, 6.07) is 8.09. The van der Waals surface area contributed by atoms with Crippen LogP contribution < -0.4 is 21.7 Å². The SMILES string of the molecule is CC(C)(C)C[C@H]1N[C@@H](C(=O)N[C@H]2CC[C@@H](OC(=O)CN)C2)[C@H](c2cccc(Cl)c2F)[C@@]12C(=O)Nc1cc(Cl)ccc12. The number of nitrogens with one attached hydrogen (secondary N) is 3. The van der Waals surface area contributed by atoms with E-state index in [4.69, 9.17) is 33.7 Å². The standard InChI is InChI=1S/C30H35Cl2FN4O4/c1-29(2,3)13-22-30(19-10-7-15(31)11-21(19)36-28(30)40)24(18-5-4-6-20(32)25(18)33)26(37-22)27(39)35-16-8-9-17(12-16)41-23(38)14-34/h4-7,10-11,16-17,22,24,26,37H,8-9,12-14,34H2,1-3H3,(H,35,39)(H,36,40)/t16-,17+,22+,24-,26+,30-/m0/s1. The van der Waals surface area contributed by atoms with Crippen LogP contribution in [0.3, 0.4) is 0 Å². The summed E-state index contributed by atoms with van der Waals surface area (Å²) in [6.07, 6.45) is 1.82. The van der Waals surface area contributed by atoms with E-state index in [9.17, 15) is 14.4 Å². The zero-order valence-corrected chi connectivity index (χ0v) is 24.7. The fourth-order valence-corrected chi connectivity index (χ4v) is 7.21. The summed E-state index contributed by atoms with van der Waals surface area (Å²) < 4.78 is 21.2. The summed E-state index contributed by atoms with van der Waals surface area (Å²) >= 11 is 12.5. The zero-order chi connectivity index (χ0) is 29.7. The Morgan fingerprint density at radius 3 is 2.66 bits per heavy atom. The number of ether oxygens (including phenoxy) is 1. The van der Waals surface area contributed by atoms with Gasteiger partial charge in [-0.15, -0.1) is 0 Å². The van der Waals surface area contributed by atoms with Gasteiger partial charge in [-0.3, -0.25) is 14.4 Å². The number of carbonyl (C=O) groups is 3. The number of hydrogen-bond acceptors (Lipinski definition) is 6. The van der Waals surface area contributed by atoms with E-state index < -0.39 is 35.2 Å². The molecule has 2 aromatic rings. The Bertz CT molecular complexity index is 1380. The number of fused-ring (bicyclic) bond motifs is 2. The second-order valence-electron chi connectivity index (χ2n) is 12.4. The molecule has 1 saturated heterocycles. The number of amides is 2. The minimum absolute atomic E-state index is 0.0915. The van der Waals surface area contributed by atoms with Gasteiger partial charge in [-0.05, 0) is 54.0 Å². The Morgan fingerprint density at radius 2 is 1.95 bits per heavy atom. The maximum absolute atomic E-state index is 15.9. The number of nitrogens with two attached hydrogens (primary N) is 1. The number of hydrogen-bond donors (Lipinski definition) is 4. The van der Waals surface area contributed by atoms with Crippen molar-refractivity contribution in [1.29, 1.82) is 0 Å². The quantitative estimate of drug-likeness (QED) is 0.362. The Labute approximate surface area is 248 Å². The van der Waals surface area contributed by atoms with Gasteiger partial charge >= 0.3 is 5.97 Å². The molecule has 2 fully saturated rings. The highest BCUT2D eigenvalue weighted by atomic mass is 35.5. The molecular weight excluding hydrogens is 570 g/mol. The molecule has 0 bridgehead atoms. The van der Waals surface area contributed by atoms with E-state index in [0.29, 0.717) is 42.0 Å². The van der Waals surface area contributed by atoms with Crippen LogP contribution in [0.4, 0.5) is 10.1 Å². The van der Waals surface area contributed by atoms with E-state index in [0.717, 1.165) is 0 Å². The Hall–Kier alpha value is -2.72. The number of rotatable bonds is 6. The number of carbonyl (C=O) groups excluding carboxylic acids is 3. The summed E-state index contributed by atoms with van der Waals surface area (Å²) in [6.45, 7) is 5.96. The van der Waals surface area contributed by atoms with Crippen LogP contribution >= 0.6 is 23.2 Å². The molecule has 0 aromatic heterocycles. The second-order valence-corrected chi connectivity index (χ2v) is 13.3. The van der Waals surface area contributed by atoms with Crippen molar-refractivity contribution in [3.63, 3.8) is 0 Å². The first-order valence-corrected chi connectivity index (χ1v) is 14.6. The van der Waals surface area contributed by atoms with Crippen molar-refractivity contribution in [2.24, 2.45) is 11.1 Å². The van der Waals surface area contributed by atoms with Crippen LogP contribution in [-0.4, -0.2) is 48.6 Å². The Kier molecular flexibility index (Phi) is 8.11. The van der Waals surface area contributed by atoms with Crippen LogP contribution in [0.1, 0.15) is 63.5 Å². The normalized spacial score (nSPS) is 29.0. The monoisotopic (exact) mass is 604 g/mol. The molecular formula is C30H35Cl2FN4O4. The Morgan fingerprint density at radius 1 is 1.20 bits per heavy atom. The van der Waals surface area contributed by atoms with Crippen molar-refractivity contribution in [2.75, 3.05) is 11.9 Å². The maximum Gasteiger partial charge on any atom is 0.319 e. The molecule has 11 heteroatoms. The Balaban J connectivity index is 1.59. The number of anilines is 1. The summed E-state index contributed by atoms with van der Waals surface area (Å²) in [5, 5.41) is 9.88. The van der Waals surface area contributed by atoms with E-state index in [1.807, 2.05) is 0 Å². The lowest BCUT2D eigenvalue weighted by molar-refractivity contribution is -0.146. The smallest absolute Gasteiger partial charge is 0.319 e. The first-order valence-electron chi connectivity index (χ1n) is 13.9. The van der Waals surface area contributed by atoms with Gasteiger partial charge in [-0.25, -0.2) is 4.39 Å². The van der Waals surface area contributed by atoms with E-state index in [2.05, 4.69) is 36.7 Å². The van der Waals surface area contributed by atoms with Crippen molar-refractivity contribution in [1.82, 2.24) is 10.6 Å².